The maximum atomic E-state index is 12.5. The Kier molecular flexibility index (Phi) is 5.50. The van der Waals surface area contributed by atoms with Crippen molar-refractivity contribution in [2.75, 3.05) is 7.11 Å². The lowest BCUT2D eigenvalue weighted by Crippen LogP contribution is -2.17. The number of fused-ring (bicyclic) bond motifs is 1. The number of aryl methyl sites for hydroxylation is 1. The zero-order valence-corrected chi connectivity index (χ0v) is 17.4. The van der Waals surface area contributed by atoms with E-state index in [4.69, 9.17) is 16.3 Å². The highest BCUT2D eigenvalue weighted by atomic mass is 35.5. The number of benzene rings is 3. The highest BCUT2D eigenvalue weighted by Crippen LogP contribution is 2.38. The zero-order valence-electron chi connectivity index (χ0n) is 16.6. The van der Waals surface area contributed by atoms with E-state index < -0.39 is 6.36 Å². The normalized spacial score (nSPS) is 11.5. The van der Waals surface area contributed by atoms with Crippen LogP contribution in [0.25, 0.3) is 33.2 Å². The lowest BCUT2D eigenvalue weighted by molar-refractivity contribution is -0.274. The topological polar surface area (TPSA) is 31.4 Å². The molecule has 0 bridgehead atoms. The van der Waals surface area contributed by atoms with Gasteiger partial charge < -0.3 is 9.47 Å². The van der Waals surface area contributed by atoms with E-state index in [1.807, 2.05) is 49.4 Å². The molecule has 1 aromatic heterocycles. The standard InChI is InChI=1S/C24H17ClF3NO2/c1-14-22(23(25)20-11-10-18(30-2)13-21(20)29-14)16-8-6-15(7-9-16)17-4-3-5-19(12-17)31-24(26,27)28/h3-13H,1-2H3. The molecule has 0 spiro atoms. The van der Waals surface area contributed by atoms with Crippen molar-refractivity contribution in [2.45, 2.75) is 13.3 Å². The molecule has 0 unspecified atom stereocenters. The van der Waals surface area contributed by atoms with Gasteiger partial charge in [-0.05, 0) is 47.9 Å². The Balaban J connectivity index is 1.70. The van der Waals surface area contributed by atoms with Crippen molar-refractivity contribution in [3.63, 3.8) is 0 Å². The SMILES string of the molecule is COc1ccc2c(Cl)c(-c3ccc(-c4cccc(OC(F)(F)F)c4)cc3)c(C)nc2c1. The molecule has 0 aliphatic rings. The van der Waals surface area contributed by atoms with Crippen LogP contribution in [0.1, 0.15) is 5.69 Å². The predicted octanol–water partition coefficient (Wildman–Crippen LogP) is 7.44. The second-order valence-electron chi connectivity index (χ2n) is 6.92. The Morgan fingerprint density at radius 2 is 1.55 bits per heavy atom. The molecule has 0 atom stereocenters. The van der Waals surface area contributed by atoms with E-state index in [-0.39, 0.29) is 5.75 Å². The summed E-state index contributed by atoms with van der Waals surface area (Å²) in [7, 11) is 1.59. The molecular formula is C24H17ClF3NO2. The molecule has 0 fully saturated rings. The monoisotopic (exact) mass is 443 g/mol. The first kappa shape index (κ1) is 21.0. The van der Waals surface area contributed by atoms with Gasteiger partial charge in [-0.1, -0.05) is 48.0 Å². The average Bonchev–Trinajstić information content (AvgIpc) is 2.73. The number of ether oxygens (including phenoxy) is 2. The Hall–Kier alpha value is -3.25. The second kappa shape index (κ2) is 8.12. The van der Waals surface area contributed by atoms with Crippen LogP contribution >= 0.6 is 11.6 Å². The van der Waals surface area contributed by atoms with Gasteiger partial charge >= 0.3 is 6.36 Å². The number of methoxy groups -OCH3 is 1. The fourth-order valence-corrected chi connectivity index (χ4v) is 3.89. The number of aromatic nitrogens is 1. The first-order valence-electron chi connectivity index (χ1n) is 9.35. The maximum absolute atomic E-state index is 12.5. The first-order chi connectivity index (χ1) is 14.7. The van der Waals surface area contributed by atoms with Crippen molar-refractivity contribution < 1.29 is 22.6 Å². The summed E-state index contributed by atoms with van der Waals surface area (Å²) in [5.74, 6) is 0.437. The maximum Gasteiger partial charge on any atom is 0.573 e. The summed E-state index contributed by atoms with van der Waals surface area (Å²) >= 11 is 6.71. The number of halogens is 4. The second-order valence-corrected chi connectivity index (χ2v) is 7.30. The van der Waals surface area contributed by atoms with Gasteiger partial charge in [0.1, 0.15) is 11.5 Å². The Morgan fingerprint density at radius 3 is 2.23 bits per heavy atom. The molecule has 0 radical (unpaired) electrons. The summed E-state index contributed by atoms with van der Waals surface area (Å²) in [6.45, 7) is 1.88. The summed E-state index contributed by atoms with van der Waals surface area (Å²) in [5, 5.41) is 1.39. The van der Waals surface area contributed by atoms with E-state index >= 15 is 0 Å². The molecule has 4 rings (SSSR count). The molecule has 3 aromatic carbocycles. The Bertz CT molecular complexity index is 1250. The summed E-state index contributed by atoms with van der Waals surface area (Å²) in [6, 6.07) is 18.8. The van der Waals surface area contributed by atoms with Crippen LogP contribution in [0.3, 0.4) is 0 Å². The Morgan fingerprint density at radius 1 is 0.839 bits per heavy atom. The van der Waals surface area contributed by atoms with E-state index in [9.17, 15) is 13.2 Å². The lowest BCUT2D eigenvalue weighted by Gasteiger charge is -2.13. The van der Waals surface area contributed by atoms with Crippen molar-refractivity contribution in [3.8, 4) is 33.8 Å². The van der Waals surface area contributed by atoms with Crippen LogP contribution in [0, 0.1) is 6.92 Å². The largest absolute Gasteiger partial charge is 0.573 e. The van der Waals surface area contributed by atoms with E-state index in [0.29, 0.717) is 16.3 Å². The van der Waals surface area contributed by atoms with Gasteiger partial charge in [-0.3, -0.25) is 4.98 Å². The van der Waals surface area contributed by atoms with Gasteiger partial charge in [0.15, 0.2) is 0 Å². The van der Waals surface area contributed by atoms with Crippen molar-refractivity contribution >= 4 is 22.5 Å². The third-order valence-corrected chi connectivity index (χ3v) is 5.28. The van der Waals surface area contributed by atoms with Gasteiger partial charge in [-0.2, -0.15) is 0 Å². The molecule has 0 aliphatic heterocycles. The summed E-state index contributed by atoms with van der Waals surface area (Å²) in [4.78, 5) is 4.66. The van der Waals surface area contributed by atoms with Gasteiger partial charge in [-0.25, -0.2) is 0 Å². The fraction of sp³-hybridized carbons (Fsp3) is 0.125. The molecule has 4 aromatic rings. The number of alkyl halides is 3. The lowest BCUT2D eigenvalue weighted by atomic mass is 9.98. The molecule has 3 nitrogen and oxygen atoms in total. The van der Waals surface area contributed by atoms with Gasteiger partial charge in [0.25, 0.3) is 0 Å². The van der Waals surface area contributed by atoms with Crippen molar-refractivity contribution in [1.82, 2.24) is 4.98 Å². The third-order valence-electron chi connectivity index (χ3n) is 4.89. The molecule has 0 saturated heterocycles. The smallest absolute Gasteiger partial charge is 0.497 e. The van der Waals surface area contributed by atoms with Crippen molar-refractivity contribution in [3.05, 3.63) is 77.4 Å². The minimum Gasteiger partial charge on any atom is -0.497 e. The van der Waals surface area contributed by atoms with E-state index in [1.54, 1.807) is 13.2 Å². The van der Waals surface area contributed by atoms with Crippen LogP contribution in [-0.2, 0) is 0 Å². The number of rotatable bonds is 4. The number of pyridine rings is 1. The molecule has 1 heterocycles. The van der Waals surface area contributed by atoms with Crippen molar-refractivity contribution in [2.24, 2.45) is 0 Å². The summed E-state index contributed by atoms with van der Waals surface area (Å²) in [6.07, 6.45) is -4.73. The molecule has 7 heteroatoms. The van der Waals surface area contributed by atoms with E-state index in [1.165, 1.54) is 18.2 Å². The average molecular weight is 444 g/mol. The number of hydrogen-bond acceptors (Lipinski definition) is 3. The van der Waals surface area contributed by atoms with Gasteiger partial charge in [-0.15, -0.1) is 13.2 Å². The van der Waals surface area contributed by atoms with Gasteiger partial charge in [0.05, 0.1) is 17.6 Å². The fourth-order valence-electron chi connectivity index (χ4n) is 3.48. The van der Waals surface area contributed by atoms with Crippen LogP contribution in [0.4, 0.5) is 13.2 Å². The number of hydrogen-bond donors (Lipinski definition) is 0. The molecule has 31 heavy (non-hydrogen) atoms. The van der Waals surface area contributed by atoms with E-state index in [2.05, 4.69) is 9.72 Å². The van der Waals surface area contributed by atoms with Gasteiger partial charge in [0, 0.05) is 22.7 Å². The highest BCUT2D eigenvalue weighted by molar-refractivity contribution is 6.38. The minimum atomic E-state index is -4.73. The molecule has 158 valence electrons. The summed E-state index contributed by atoms with van der Waals surface area (Å²) < 4.78 is 46.8. The molecule has 0 N–H and O–H groups in total. The Labute approximate surface area is 182 Å². The predicted molar refractivity (Wildman–Crippen MR) is 116 cm³/mol. The van der Waals surface area contributed by atoms with Crippen molar-refractivity contribution in [1.29, 1.82) is 0 Å². The molecule has 0 amide bonds. The van der Waals surface area contributed by atoms with Crippen LogP contribution in [-0.4, -0.2) is 18.5 Å². The van der Waals surface area contributed by atoms with Gasteiger partial charge in [0.2, 0.25) is 0 Å². The minimum absolute atomic E-state index is 0.262. The third kappa shape index (κ3) is 4.44. The van der Waals surface area contributed by atoms with Crippen LogP contribution < -0.4 is 9.47 Å². The van der Waals surface area contributed by atoms with Crippen LogP contribution in [0.5, 0.6) is 11.5 Å². The summed E-state index contributed by atoms with van der Waals surface area (Å²) in [5.41, 5.74) is 4.53. The molecule has 0 aliphatic carbocycles. The van der Waals surface area contributed by atoms with E-state index in [0.717, 1.165) is 33.3 Å². The first-order valence-corrected chi connectivity index (χ1v) is 9.73. The van der Waals surface area contributed by atoms with Crippen LogP contribution in [0.15, 0.2) is 66.7 Å². The van der Waals surface area contributed by atoms with Crippen LogP contribution in [0.2, 0.25) is 5.02 Å². The quantitative estimate of drug-likeness (QED) is 0.328. The zero-order chi connectivity index (χ0) is 22.2. The number of nitrogens with zero attached hydrogens (tertiary/aromatic N) is 1. The highest BCUT2D eigenvalue weighted by Gasteiger charge is 2.31. The molecular weight excluding hydrogens is 427 g/mol. The molecule has 0 saturated carbocycles.